The summed E-state index contributed by atoms with van der Waals surface area (Å²) in [6, 6.07) is 12.3. The first kappa shape index (κ1) is 16.8. The van der Waals surface area contributed by atoms with E-state index in [4.69, 9.17) is 4.74 Å². The molecule has 3 nitrogen and oxygen atoms in total. The van der Waals surface area contributed by atoms with Gasteiger partial charge < -0.3 is 15.2 Å². The van der Waals surface area contributed by atoms with Crippen molar-refractivity contribution in [2.24, 2.45) is 0 Å². The molecule has 0 amide bonds. The number of ether oxygens (including phenoxy) is 1. The molecule has 0 fully saturated rings. The van der Waals surface area contributed by atoms with Crippen molar-refractivity contribution in [3.05, 3.63) is 42.0 Å². The van der Waals surface area contributed by atoms with Gasteiger partial charge in [-0.05, 0) is 30.7 Å². The Morgan fingerprint density at radius 1 is 1.15 bits per heavy atom. The standard InChI is InChI=1S/C16H21NO2.ClH/c1-16(2,11-18)17-10-14-13-7-5-4-6-12(13)8-9-15(14)19-3;/h4-9,17-18H,10-11H2,1-3H3;1H. The largest absolute Gasteiger partial charge is 0.496 e. The predicted molar refractivity (Wildman–Crippen MR) is 85.8 cm³/mol. The van der Waals surface area contributed by atoms with Crippen molar-refractivity contribution < 1.29 is 9.84 Å². The highest BCUT2D eigenvalue weighted by Gasteiger charge is 2.17. The van der Waals surface area contributed by atoms with Crippen molar-refractivity contribution in [2.75, 3.05) is 13.7 Å². The molecule has 0 aliphatic heterocycles. The molecule has 110 valence electrons. The zero-order valence-corrected chi connectivity index (χ0v) is 13.0. The van der Waals surface area contributed by atoms with E-state index >= 15 is 0 Å². The normalized spacial score (nSPS) is 11.2. The summed E-state index contributed by atoms with van der Waals surface area (Å²) in [4.78, 5) is 0. The first-order chi connectivity index (χ1) is 9.07. The third-order valence-electron chi connectivity index (χ3n) is 3.36. The second-order valence-corrected chi connectivity index (χ2v) is 5.36. The highest BCUT2D eigenvalue weighted by molar-refractivity contribution is 5.87. The number of hydrogen-bond donors (Lipinski definition) is 2. The Bertz CT molecular complexity index is 569. The van der Waals surface area contributed by atoms with Crippen molar-refractivity contribution in [3.63, 3.8) is 0 Å². The summed E-state index contributed by atoms with van der Waals surface area (Å²) in [5, 5.41) is 15.1. The SMILES string of the molecule is COc1ccc2ccccc2c1CNC(C)(C)CO.Cl. The van der Waals surface area contributed by atoms with Gasteiger partial charge in [-0.2, -0.15) is 0 Å². The van der Waals surface area contributed by atoms with Gasteiger partial charge in [0.05, 0.1) is 13.7 Å². The number of aliphatic hydroxyl groups excluding tert-OH is 1. The molecule has 0 unspecified atom stereocenters. The predicted octanol–water partition coefficient (Wildman–Crippen LogP) is 3.13. The molecule has 0 aliphatic carbocycles. The lowest BCUT2D eigenvalue weighted by Gasteiger charge is -2.24. The Labute approximate surface area is 126 Å². The van der Waals surface area contributed by atoms with Crippen LogP contribution >= 0.6 is 12.4 Å². The van der Waals surface area contributed by atoms with E-state index in [0.717, 1.165) is 11.3 Å². The maximum absolute atomic E-state index is 9.32. The van der Waals surface area contributed by atoms with Crippen LogP contribution in [0.5, 0.6) is 5.75 Å². The lowest BCUT2D eigenvalue weighted by Crippen LogP contribution is -2.42. The van der Waals surface area contributed by atoms with Gasteiger partial charge in [0.15, 0.2) is 0 Å². The first-order valence-electron chi connectivity index (χ1n) is 6.48. The average molecular weight is 296 g/mol. The topological polar surface area (TPSA) is 41.5 Å². The Morgan fingerprint density at radius 3 is 2.50 bits per heavy atom. The first-order valence-corrected chi connectivity index (χ1v) is 6.48. The number of aliphatic hydroxyl groups is 1. The summed E-state index contributed by atoms with van der Waals surface area (Å²) in [5.74, 6) is 0.875. The van der Waals surface area contributed by atoms with Gasteiger partial charge in [-0.15, -0.1) is 12.4 Å². The van der Waals surface area contributed by atoms with Crippen LogP contribution in [-0.2, 0) is 6.54 Å². The van der Waals surface area contributed by atoms with Crippen LogP contribution in [0.2, 0.25) is 0 Å². The number of fused-ring (bicyclic) bond motifs is 1. The minimum absolute atomic E-state index is 0. The molecule has 0 aliphatic rings. The molecule has 0 bridgehead atoms. The third-order valence-corrected chi connectivity index (χ3v) is 3.36. The molecule has 2 rings (SSSR count). The zero-order chi connectivity index (χ0) is 13.9. The molecule has 0 radical (unpaired) electrons. The van der Waals surface area contributed by atoms with Crippen LogP contribution in [-0.4, -0.2) is 24.4 Å². The number of halogens is 1. The fraction of sp³-hybridized carbons (Fsp3) is 0.375. The van der Waals surface area contributed by atoms with Crippen LogP contribution in [0.4, 0.5) is 0 Å². The van der Waals surface area contributed by atoms with E-state index in [2.05, 4.69) is 23.5 Å². The lowest BCUT2D eigenvalue weighted by molar-refractivity contribution is 0.187. The van der Waals surface area contributed by atoms with Crippen LogP contribution in [0.25, 0.3) is 10.8 Å². The minimum Gasteiger partial charge on any atom is -0.496 e. The third kappa shape index (κ3) is 3.63. The maximum atomic E-state index is 9.32. The highest BCUT2D eigenvalue weighted by Crippen LogP contribution is 2.28. The van der Waals surface area contributed by atoms with E-state index in [9.17, 15) is 5.11 Å². The molecule has 0 heterocycles. The van der Waals surface area contributed by atoms with E-state index in [0.29, 0.717) is 6.54 Å². The van der Waals surface area contributed by atoms with E-state index in [-0.39, 0.29) is 24.6 Å². The molecule has 0 atom stereocenters. The molecule has 20 heavy (non-hydrogen) atoms. The van der Waals surface area contributed by atoms with Gasteiger partial charge >= 0.3 is 0 Å². The lowest BCUT2D eigenvalue weighted by atomic mass is 10.0. The summed E-state index contributed by atoms with van der Waals surface area (Å²) in [7, 11) is 1.69. The minimum atomic E-state index is -0.304. The second-order valence-electron chi connectivity index (χ2n) is 5.36. The summed E-state index contributed by atoms with van der Waals surface area (Å²) in [6.07, 6.45) is 0. The van der Waals surface area contributed by atoms with E-state index in [1.165, 1.54) is 10.8 Å². The van der Waals surface area contributed by atoms with Gasteiger partial charge in [-0.3, -0.25) is 0 Å². The quantitative estimate of drug-likeness (QED) is 0.890. The Kier molecular flexibility index (Phi) is 5.81. The molecule has 0 saturated heterocycles. The number of rotatable bonds is 5. The van der Waals surface area contributed by atoms with Crippen molar-refractivity contribution in [1.29, 1.82) is 0 Å². The van der Waals surface area contributed by atoms with E-state index < -0.39 is 0 Å². The Balaban J connectivity index is 0.00000200. The molecule has 4 heteroatoms. The molecule has 0 aromatic heterocycles. The van der Waals surface area contributed by atoms with Gasteiger partial charge in [-0.1, -0.05) is 30.3 Å². The van der Waals surface area contributed by atoms with Gasteiger partial charge in [0.2, 0.25) is 0 Å². The molecular formula is C16H22ClNO2. The van der Waals surface area contributed by atoms with Crippen molar-refractivity contribution in [2.45, 2.75) is 25.9 Å². The number of methoxy groups -OCH3 is 1. The van der Waals surface area contributed by atoms with Crippen LogP contribution in [0, 0.1) is 0 Å². The van der Waals surface area contributed by atoms with Gasteiger partial charge in [0.1, 0.15) is 5.75 Å². The monoisotopic (exact) mass is 295 g/mol. The second kappa shape index (κ2) is 6.93. The number of hydrogen-bond acceptors (Lipinski definition) is 3. The van der Waals surface area contributed by atoms with Crippen molar-refractivity contribution in [3.8, 4) is 5.75 Å². The fourth-order valence-corrected chi connectivity index (χ4v) is 2.07. The van der Waals surface area contributed by atoms with Gasteiger partial charge in [-0.25, -0.2) is 0 Å². The van der Waals surface area contributed by atoms with Gasteiger partial charge in [0.25, 0.3) is 0 Å². The molecule has 0 spiro atoms. The molecule has 2 N–H and O–H groups in total. The highest BCUT2D eigenvalue weighted by atomic mass is 35.5. The van der Waals surface area contributed by atoms with E-state index in [1.54, 1.807) is 7.11 Å². The smallest absolute Gasteiger partial charge is 0.123 e. The summed E-state index contributed by atoms with van der Waals surface area (Å²) < 4.78 is 5.45. The number of benzene rings is 2. The van der Waals surface area contributed by atoms with Crippen LogP contribution in [0.1, 0.15) is 19.4 Å². The summed E-state index contributed by atoms with van der Waals surface area (Å²) in [5.41, 5.74) is 0.823. The molecule has 2 aromatic carbocycles. The number of nitrogens with one attached hydrogen (secondary N) is 1. The van der Waals surface area contributed by atoms with Crippen molar-refractivity contribution >= 4 is 23.2 Å². The van der Waals surface area contributed by atoms with Crippen LogP contribution in [0.3, 0.4) is 0 Å². The Hall–Kier alpha value is -1.29. The Morgan fingerprint density at radius 2 is 1.85 bits per heavy atom. The maximum Gasteiger partial charge on any atom is 0.123 e. The zero-order valence-electron chi connectivity index (χ0n) is 12.1. The summed E-state index contributed by atoms with van der Waals surface area (Å²) in [6.45, 7) is 4.72. The molecule has 2 aromatic rings. The molecular weight excluding hydrogens is 274 g/mol. The van der Waals surface area contributed by atoms with Crippen LogP contribution in [0.15, 0.2) is 36.4 Å². The summed E-state index contributed by atoms with van der Waals surface area (Å²) >= 11 is 0. The average Bonchev–Trinajstić information content (AvgIpc) is 2.44. The van der Waals surface area contributed by atoms with Gasteiger partial charge in [0, 0.05) is 17.6 Å². The molecule has 0 saturated carbocycles. The van der Waals surface area contributed by atoms with Crippen LogP contribution < -0.4 is 10.1 Å². The fourth-order valence-electron chi connectivity index (χ4n) is 2.07. The van der Waals surface area contributed by atoms with E-state index in [1.807, 2.05) is 32.0 Å². The van der Waals surface area contributed by atoms with Crippen molar-refractivity contribution in [1.82, 2.24) is 5.32 Å².